The molecule has 1 heterocycles. The maximum Gasteiger partial charge on any atom is 0.333 e. The summed E-state index contributed by atoms with van der Waals surface area (Å²) >= 11 is 0. The normalized spacial score (nSPS) is 31.9. The van der Waals surface area contributed by atoms with Crippen molar-refractivity contribution in [2.45, 2.75) is 38.3 Å². The highest BCUT2D eigenvalue weighted by atomic mass is 16.8. The summed E-state index contributed by atoms with van der Waals surface area (Å²) in [6, 6.07) is 0. The predicted molar refractivity (Wildman–Crippen MR) is 53.5 cm³/mol. The van der Waals surface area contributed by atoms with E-state index < -0.39 is 24.0 Å². The van der Waals surface area contributed by atoms with Crippen molar-refractivity contribution in [3.05, 3.63) is 11.6 Å². The van der Waals surface area contributed by atoms with Crippen LogP contribution in [0.5, 0.6) is 0 Å². The number of carbonyl (C=O) groups is 2. The number of ether oxygens (including phenoxy) is 3. The van der Waals surface area contributed by atoms with Crippen LogP contribution in [0.1, 0.15) is 20.3 Å². The molecule has 0 saturated carbocycles. The van der Waals surface area contributed by atoms with Gasteiger partial charge in [0, 0.05) is 12.0 Å². The molecule has 0 aromatic heterocycles. The fourth-order valence-corrected chi connectivity index (χ4v) is 1.98. The molecular formula is C11H14O5. The highest BCUT2D eigenvalue weighted by Crippen LogP contribution is 2.34. The van der Waals surface area contributed by atoms with Crippen molar-refractivity contribution < 1.29 is 23.8 Å². The lowest BCUT2D eigenvalue weighted by Gasteiger charge is -2.19. The van der Waals surface area contributed by atoms with E-state index in [0.29, 0.717) is 5.57 Å². The first-order chi connectivity index (χ1) is 7.43. The van der Waals surface area contributed by atoms with Gasteiger partial charge in [0.25, 0.3) is 0 Å². The van der Waals surface area contributed by atoms with E-state index in [1.807, 2.05) is 0 Å². The highest BCUT2D eigenvalue weighted by molar-refractivity contribution is 5.99. The van der Waals surface area contributed by atoms with E-state index in [1.165, 1.54) is 7.11 Å². The summed E-state index contributed by atoms with van der Waals surface area (Å²) in [5.41, 5.74) is 0.343. The number of rotatable bonds is 1. The Morgan fingerprint density at radius 3 is 2.81 bits per heavy atom. The molecular weight excluding hydrogens is 212 g/mol. The molecule has 0 aromatic rings. The second kappa shape index (κ2) is 3.68. The van der Waals surface area contributed by atoms with Crippen LogP contribution in [0.25, 0.3) is 0 Å². The molecule has 5 heteroatoms. The number of esters is 1. The molecule has 1 saturated heterocycles. The molecule has 1 aliphatic carbocycles. The van der Waals surface area contributed by atoms with Crippen LogP contribution >= 0.6 is 0 Å². The summed E-state index contributed by atoms with van der Waals surface area (Å²) < 4.78 is 15.6. The molecule has 2 aliphatic rings. The summed E-state index contributed by atoms with van der Waals surface area (Å²) in [5.74, 6) is -1.41. The fourth-order valence-electron chi connectivity index (χ4n) is 1.98. The fraction of sp³-hybridized carbons (Fsp3) is 0.636. The van der Waals surface area contributed by atoms with Gasteiger partial charge in [-0.2, -0.15) is 0 Å². The molecule has 1 fully saturated rings. The van der Waals surface area contributed by atoms with Crippen molar-refractivity contribution in [2.24, 2.45) is 0 Å². The highest BCUT2D eigenvalue weighted by Gasteiger charge is 2.46. The van der Waals surface area contributed by atoms with Crippen LogP contribution in [-0.2, 0) is 23.8 Å². The standard InChI is InChI=1S/C11H14O5/c1-11(2)15-8-5-6(10(13)14-3)4-7(12)9(8)16-11/h5,8-9H,4H2,1-3H3/t8-,9+/m1/s1. The Balaban J connectivity index is 2.24. The molecule has 0 spiro atoms. The molecule has 88 valence electrons. The Morgan fingerprint density at radius 1 is 1.50 bits per heavy atom. The van der Waals surface area contributed by atoms with Gasteiger partial charge < -0.3 is 14.2 Å². The van der Waals surface area contributed by atoms with Gasteiger partial charge in [-0.05, 0) is 19.9 Å². The van der Waals surface area contributed by atoms with Gasteiger partial charge >= 0.3 is 5.97 Å². The second-order valence-corrected chi connectivity index (χ2v) is 4.35. The largest absolute Gasteiger partial charge is 0.466 e. The van der Waals surface area contributed by atoms with E-state index in [4.69, 9.17) is 9.47 Å². The maximum atomic E-state index is 11.7. The zero-order valence-corrected chi connectivity index (χ0v) is 9.48. The minimum atomic E-state index is -0.785. The van der Waals surface area contributed by atoms with Crippen LogP contribution in [0, 0.1) is 0 Å². The zero-order valence-electron chi connectivity index (χ0n) is 9.48. The van der Waals surface area contributed by atoms with E-state index in [-0.39, 0.29) is 12.2 Å². The molecule has 0 radical (unpaired) electrons. The average molecular weight is 226 g/mol. The number of hydrogen-bond acceptors (Lipinski definition) is 5. The molecule has 0 N–H and O–H groups in total. The van der Waals surface area contributed by atoms with E-state index in [9.17, 15) is 9.59 Å². The topological polar surface area (TPSA) is 61.8 Å². The summed E-state index contributed by atoms with van der Waals surface area (Å²) in [7, 11) is 1.29. The van der Waals surface area contributed by atoms with Crippen molar-refractivity contribution in [3.63, 3.8) is 0 Å². The Kier molecular flexibility index (Phi) is 2.59. The van der Waals surface area contributed by atoms with Crippen LogP contribution in [0.3, 0.4) is 0 Å². The van der Waals surface area contributed by atoms with Crippen LogP contribution in [0.15, 0.2) is 11.6 Å². The molecule has 5 nitrogen and oxygen atoms in total. The lowest BCUT2D eigenvalue weighted by atomic mass is 9.94. The number of methoxy groups -OCH3 is 1. The van der Waals surface area contributed by atoms with Gasteiger partial charge in [0.1, 0.15) is 12.2 Å². The predicted octanol–water partition coefficient (Wildman–Crippen LogP) is 0.579. The van der Waals surface area contributed by atoms with E-state index in [2.05, 4.69) is 4.74 Å². The van der Waals surface area contributed by atoms with Gasteiger partial charge in [-0.15, -0.1) is 0 Å². The molecule has 2 atom stereocenters. The van der Waals surface area contributed by atoms with Crippen molar-refractivity contribution in [1.82, 2.24) is 0 Å². The van der Waals surface area contributed by atoms with Gasteiger partial charge in [-0.25, -0.2) is 4.79 Å². The van der Waals surface area contributed by atoms with Gasteiger partial charge in [0.15, 0.2) is 11.6 Å². The third kappa shape index (κ3) is 1.88. The first kappa shape index (κ1) is 11.3. The van der Waals surface area contributed by atoms with Crippen molar-refractivity contribution >= 4 is 11.8 Å². The third-order valence-corrected chi connectivity index (χ3v) is 2.62. The van der Waals surface area contributed by atoms with E-state index in [1.54, 1.807) is 19.9 Å². The van der Waals surface area contributed by atoms with Gasteiger partial charge in [-0.3, -0.25) is 4.79 Å². The number of ketones is 1. The van der Waals surface area contributed by atoms with Crippen LogP contribution < -0.4 is 0 Å². The van der Waals surface area contributed by atoms with Crippen LogP contribution in [-0.4, -0.2) is 36.9 Å². The number of carbonyl (C=O) groups excluding carboxylic acids is 2. The summed E-state index contributed by atoms with van der Waals surface area (Å²) in [5, 5.41) is 0. The van der Waals surface area contributed by atoms with Gasteiger partial charge in [0.2, 0.25) is 0 Å². The first-order valence-electron chi connectivity index (χ1n) is 5.10. The number of hydrogen-bond donors (Lipinski definition) is 0. The van der Waals surface area contributed by atoms with Crippen molar-refractivity contribution in [1.29, 1.82) is 0 Å². The summed E-state index contributed by atoms with van der Waals surface area (Å²) in [6.07, 6.45) is 0.591. The summed E-state index contributed by atoms with van der Waals surface area (Å²) in [6.45, 7) is 3.48. The minimum Gasteiger partial charge on any atom is -0.466 e. The van der Waals surface area contributed by atoms with Crippen LogP contribution in [0.4, 0.5) is 0 Å². The van der Waals surface area contributed by atoms with Crippen LogP contribution in [0.2, 0.25) is 0 Å². The van der Waals surface area contributed by atoms with Gasteiger partial charge in [-0.1, -0.05) is 0 Å². The monoisotopic (exact) mass is 226 g/mol. The van der Waals surface area contributed by atoms with E-state index in [0.717, 1.165) is 0 Å². The first-order valence-corrected chi connectivity index (χ1v) is 5.10. The number of Topliss-reactive ketones (excluding diaryl/α,β-unsaturated/α-hetero) is 1. The Bertz CT molecular complexity index is 369. The molecule has 16 heavy (non-hydrogen) atoms. The zero-order chi connectivity index (χ0) is 11.9. The van der Waals surface area contributed by atoms with E-state index >= 15 is 0 Å². The molecule has 0 amide bonds. The molecule has 0 aromatic carbocycles. The lowest BCUT2D eigenvalue weighted by molar-refractivity contribution is -0.152. The van der Waals surface area contributed by atoms with Crippen molar-refractivity contribution in [2.75, 3.05) is 7.11 Å². The van der Waals surface area contributed by atoms with Crippen molar-refractivity contribution in [3.8, 4) is 0 Å². The smallest absolute Gasteiger partial charge is 0.333 e. The molecule has 0 bridgehead atoms. The third-order valence-electron chi connectivity index (χ3n) is 2.62. The lowest BCUT2D eigenvalue weighted by Crippen LogP contribution is -2.35. The molecule has 2 rings (SSSR count). The second-order valence-electron chi connectivity index (χ2n) is 4.35. The average Bonchev–Trinajstić information content (AvgIpc) is 2.52. The SMILES string of the molecule is COC(=O)C1=C[C@H]2OC(C)(C)O[C@H]2C(=O)C1. The molecule has 1 aliphatic heterocycles. The quantitative estimate of drug-likeness (QED) is 0.612. The molecule has 0 unspecified atom stereocenters. The maximum absolute atomic E-state index is 11.7. The Labute approximate surface area is 93.4 Å². The van der Waals surface area contributed by atoms with Gasteiger partial charge in [0.05, 0.1) is 7.11 Å². The Morgan fingerprint density at radius 2 is 2.19 bits per heavy atom. The Hall–Kier alpha value is -1.20. The minimum absolute atomic E-state index is 0.0489. The summed E-state index contributed by atoms with van der Waals surface area (Å²) in [4.78, 5) is 23.1. The number of fused-ring (bicyclic) bond motifs is 1.